The molecule has 1 aliphatic carbocycles. The van der Waals surface area contributed by atoms with Crippen LogP contribution in [0.3, 0.4) is 0 Å². The molecular weight excluding hydrogens is 482 g/mol. The average Bonchev–Trinajstić information content (AvgIpc) is 3.47. The van der Waals surface area contributed by atoms with Crippen LogP contribution in [0.2, 0.25) is 5.02 Å². The van der Waals surface area contributed by atoms with Gasteiger partial charge in [-0.2, -0.15) is 0 Å². The number of benzene rings is 1. The molecule has 2 aromatic rings. The van der Waals surface area contributed by atoms with Gasteiger partial charge in [0.15, 0.2) is 5.76 Å². The van der Waals surface area contributed by atoms with Gasteiger partial charge in [-0.15, -0.1) is 0 Å². The number of aliphatic carboxylic acids is 1. The molecule has 2 amide bonds. The van der Waals surface area contributed by atoms with Crippen molar-refractivity contribution in [1.82, 2.24) is 15.1 Å². The fourth-order valence-corrected chi connectivity index (χ4v) is 5.63. The Morgan fingerprint density at radius 2 is 1.86 bits per heavy atom. The van der Waals surface area contributed by atoms with E-state index in [9.17, 15) is 19.5 Å². The highest BCUT2D eigenvalue weighted by molar-refractivity contribution is 6.30. The smallest absolute Gasteiger partial charge is 0.311 e. The Bertz CT molecular complexity index is 1130. The molecule has 8 nitrogen and oxygen atoms in total. The highest BCUT2D eigenvalue weighted by Crippen LogP contribution is 2.42. The van der Waals surface area contributed by atoms with E-state index in [0.29, 0.717) is 42.6 Å². The van der Waals surface area contributed by atoms with Gasteiger partial charge < -0.3 is 24.6 Å². The van der Waals surface area contributed by atoms with Crippen molar-refractivity contribution in [1.29, 1.82) is 0 Å². The molecule has 1 aliphatic heterocycles. The van der Waals surface area contributed by atoms with E-state index in [1.54, 1.807) is 48.2 Å². The lowest BCUT2D eigenvalue weighted by molar-refractivity contribution is -0.159. The highest BCUT2D eigenvalue weighted by atomic mass is 35.5. The number of nitrogens with one attached hydrogen (secondary N) is 1. The summed E-state index contributed by atoms with van der Waals surface area (Å²) in [6.45, 7) is 6.36. The van der Waals surface area contributed by atoms with Crippen LogP contribution in [0.15, 0.2) is 40.8 Å². The molecular formula is C27H34ClN3O5. The van der Waals surface area contributed by atoms with Crippen LogP contribution in [0.25, 0.3) is 11.3 Å². The second kappa shape index (κ2) is 10.3. The van der Waals surface area contributed by atoms with Crippen molar-refractivity contribution in [2.45, 2.75) is 70.6 Å². The quantitative estimate of drug-likeness (QED) is 0.570. The summed E-state index contributed by atoms with van der Waals surface area (Å²) < 4.78 is 5.72. The zero-order valence-corrected chi connectivity index (χ0v) is 21.9. The molecule has 9 heteroatoms. The molecule has 1 aromatic heterocycles. The van der Waals surface area contributed by atoms with Crippen LogP contribution < -0.4 is 5.32 Å². The zero-order chi connectivity index (χ0) is 26.2. The number of carboxylic acids is 1. The summed E-state index contributed by atoms with van der Waals surface area (Å²) >= 11 is 5.93. The van der Waals surface area contributed by atoms with Crippen LogP contribution in [0.5, 0.6) is 0 Å². The van der Waals surface area contributed by atoms with Gasteiger partial charge >= 0.3 is 5.97 Å². The number of rotatable bonds is 7. The number of carbonyl (C=O) groups excluding carboxylic acids is 2. The third-order valence-corrected chi connectivity index (χ3v) is 8.18. The van der Waals surface area contributed by atoms with Crippen LogP contribution >= 0.6 is 11.6 Å². The Hall–Kier alpha value is -2.84. The zero-order valence-electron chi connectivity index (χ0n) is 21.2. The molecule has 0 bridgehead atoms. The maximum Gasteiger partial charge on any atom is 0.311 e. The summed E-state index contributed by atoms with van der Waals surface area (Å²) in [7, 11) is 2.03. The number of carboxylic acid groups (broad SMARTS) is 1. The second-order valence-electron chi connectivity index (χ2n) is 10.5. The second-order valence-corrected chi connectivity index (χ2v) is 10.9. The fraction of sp³-hybridized carbons (Fsp3) is 0.519. The van der Waals surface area contributed by atoms with Crippen LogP contribution in [0, 0.1) is 5.41 Å². The van der Waals surface area contributed by atoms with Crippen molar-refractivity contribution in [2.75, 3.05) is 13.6 Å². The normalized spacial score (nSPS) is 26.6. The lowest BCUT2D eigenvalue weighted by Crippen LogP contribution is -2.58. The fourth-order valence-electron chi connectivity index (χ4n) is 5.50. The molecule has 4 atom stereocenters. The molecule has 0 radical (unpaired) electrons. The van der Waals surface area contributed by atoms with Crippen molar-refractivity contribution < 1.29 is 23.9 Å². The summed E-state index contributed by atoms with van der Waals surface area (Å²) in [5.41, 5.74) is -0.275. The monoisotopic (exact) mass is 515 g/mol. The van der Waals surface area contributed by atoms with Crippen LogP contribution in [0.1, 0.15) is 57.0 Å². The van der Waals surface area contributed by atoms with Crippen molar-refractivity contribution in [2.24, 2.45) is 5.41 Å². The van der Waals surface area contributed by atoms with Gasteiger partial charge in [-0.1, -0.05) is 11.6 Å². The molecule has 2 fully saturated rings. The Labute approximate surface area is 216 Å². The van der Waals surface area contributed by atoms with E-state index in [1.165, 1.54) is 0 Å². The van der Waals surface area contributed by atoms with E-state index in [-0.39, 0.29) is 17.7 Å². The standard InChI is InChI=1S/C27H34ClN3O5/c1-16(2)30(4)19-9-12-23(27(3,15-19)26(34)35)31-14-13-20(25(31)33)29-24(32)22-11-10-21(36-22)17-5-7-18(28)8-6-17/h5-8,10-11,16,19-20,23H,9,12-15H2,1-4H3,(H,29,32)(H,34,35)/t19?,20-,23?,27?/m0/s1. The molecule has 2 N–H and O–H groups in total. The van der Waals surface area contributed by atoms with E-state index in [1.807, 2.05) is 7.05 Å². The minimum Gasteiger partial charge on any atom is -0.481 e. The Balaban J connectivity index is 1.43. The number of carbonyl (C=O) groups is 3. The average molecular weight is 516 g/mol. The minimum absolute atomic E-state index is 0.110. The van der Waals surface area contributed by atoms with Gasteiger partial charge in [-0.25, -0.2) is 0 Å². The Morgan fingerprint density at radius 3 is 2.50 bits per heavy atom. The number of hydrogen-bond donors (Lipinski definition) is 2. The van der Waals surface area contributed by atoms with Gasteiger partial charge in [-0.05, 0) is 89.9 Å². The largest absolute Gasteiger partial charge is 0.481 e. The van der Waals surface area contributed by atoms with Gasteiger partial charge in [0.2, 0.25) is 5.91 Å². The summed E-state index contributed by atoms with van der Waals surface area (Å²) in [6.07, 6.45) is 2.33. The van der Waals surface area contributed by atoms with Gasteiger partial charge in [0, 0.05) is 35.3 Å². The van der Waals surface area contributed by atoms with Crippen molar-refractivity contribution in [3.05, 3.63) is 47.2 Å². The summed E-state index contributed by atoms with van der Waals surface area (Å²) in [5, 5.41) is 13.6. The molecule has 194 valence electrons. The summed E-state index contributed by atoms with van der Waals surface area (Å²) in [4.78, 5) is 42.5. The van der Waals surface area contributed by atoms with Crippen LogP contribution in [-0.4, -0.2) is 70.4 Å². The van der Waals surface area contributed by atoms with Gasteiger partial charge in [0.25, 0.3) is 5.91 Å². The first-order valence-corrected chi connectivity index (χ1v) is 12.8. The maximum absolute atomic E-state index is 13.3. The topological polar surface area (TPSA) is 103 Å². The third kappa shape index (κ3) is 5.02. The van der Waals surface area contributed by atoms with E-state index in [4.69, 9.17) is 16.0 Å². The SMILES string of the molecule is CC(C)N(C)C1CCC(N2CC[C@H](NC(=O)c3ccc(-c4ccc(Cl)cc4)o3)C2=O)C(C)(C(=O)O)C1. The first-order chi connectivity index (χ1) is 17.0. The lowest BCUT2D eigenvalue weighted by atomic mass is 9.68. The molecule has 1 aromatic carbocycles. The third-order valence-electron chi connectivity index (χ3n) is 7.93. The van der Waals surface area contributed by atoms with E-state index < -0.39 is 29.4 Å². The number of hydrogen-bond acceptors (Lipinski definition) is 5. The first-order valence-electron chi connectivity index (χ1n) is 12.4. The molecule has 1 saturated carbocycles. The molecule has 1 saturated heterocycles. The maximum atomic E-state index is 13.3. The van der Waals surface area contributed by atoms with Gasteiger partial charge in [0.1, 0.15) is 11.8 Å². The van der Waals surface area contributed by atoms with E-state index in [0.717, 1.165) is 12.0 Å². The number of likely N-dealkylation sites (tertiary alicyclic amines) is 1. The Morgan fingerprint density at radius 1 is 1.17 bits per heavy atom. The molecule has 4 rings (SSSR count). The summed E-state index contributed by atoms with van der Waals surface area (Å²) in [5.74, 6) is -0.963. The van der Waals surface area contributed by atoms with Gasteiger partial charge in [-0.3, -0.25) is 14.4 Å². The van der Waals surface area contributed by atoms with Gasteiger partial charge in [0.05, 0.1) is 5.41 Å². The van der Waals surface area contributed by atoms with Crippen LogP contribution in [-0.2, 0) is 9.59 Å². The van der Waals surface area contributed by atoms with E-state index in [2.05, 4.69) is 24.1 Å². The van der Waals surface area contributed by atoms with Crippen molar-refractivity contribution in [3.8, 4) is 11.3 Å². The number of nitrogens with zero attached hydrogens (tertiary/aromatic N) is 2. The number of furan rings is 1. The summed E-state index contributed by atoms with van der Waals surface area (Å²) in [6, 6.07) is 9.67. The van der Waals surface area contributed by atoms with Crippen molar-refractivity contribution >= 4 is 29.4 Å². The van der Waals surface area contributed by atoms with E-state index >= 15 is 0 Å². The Kier molecular flexibility index (Phi) is 7.48. The highest BCUT2D eigenvalue weighted by Gasteiger charge is 2.52. The number of amides is 2. The predicted octanol–water partition coefficient (Wildman–Crippen LogP) is 4.28. The minimum atomic E-state index is -1.06. The van der Waals surface area contributed by atoms with Crippen LogP contribution in [0.4, 0.5) is 0 Å². The number of halogens is 1. The predicted molar refractivity (Wildman–Crippen MR) is 137 cm³/mol. The molecule has 2 aliphatic rings. The molecule has 0 spiro atoms. The lowest BCUT2D eigenvalue weighted by Gasteiger charge is -2.48. The molecule has 3 unspecified atom stereocenters. The first kappa shape index (κ1) is 26.2. The molecule has 2 heterocycles. The molecule has 36 heavy (non-hydrogen) atoms. The van der Waals surface area contributed by atoms with Crippen molar-refractivity contribution in [3.63, 3.8) is 0 Å².